The average Bonchev–Trinajstić information content (AvgIpc) is 2.27. The van der Waals surface area contributed by atoms with E-state index in [9.17, 15) is 4.79 Å². The molecule has 1 fully saturated rings. The van der Waals surface area contributed by atoms with Crippen molar-refractivity contribution in [2.45, 2.75) is 51.1 Å². The van der Waals surface area contributed by atoms with Crippen LogP contribution in [0.2, 0.25) is 0 Å². The van der Waals surface area contributed by atoms with Crippen molar-refractivity contribution in [1.29, 1.82) is 0 Å². The monoisotopic (exact) mass is 246 g/mol. The van der Waals surface area contributed by atoms with Gasteiger partial charge in [0.25, 0.3) is 0 Å². The number of hydrogen-bond donors (Lipinski definition) is 0. The largest absolute Gasteiger partial charge is 0.341 e. The van der Waals surface area contributed by atoms with Crippen molar-refractivity contribution in [1.82, 2.24) is 9.80 Å². The van der Waals surface area contributed by atoms with Gasteiger partial charge in [-0.1, -0.05) is 0 Å². The first-order chi connectivity index (χ1) is 7.43. The van der Waals surface area contributed by atoms with E-state index in [1.807, 2.05) is 11.9 Å². The fraction of sp³-hybridized carbons (Fsp3) is 0.917. The van der Waals surface area contributed by atoms with Crippen LogP contribution in [-0.4, -0.2) is 53.3 Å². The Morgan fingerprint density at radius 3 is 2.19 bits per heavy atom. The highest BCUT2D eigenvalue weighted by Gasteiger charge is 2.27. The molecular weight excluding hydrogens is 224 g/mol. The van der Waals surface area contributed by atoms with E-state index < -0.39 is 5.38 Å². The average molecular weight is 247 g/mol. The predicted octanol–water partition coefficient (Wildman–Crippen LogP) is 1.94. The second-order valence-corrected chi connectivity index (χ2v) is 5.58. The standard InChI is InChI=1S/C12H23ClN2O/c1-9(2)15-7-5-11(6-8-15)14(4)12(16)10(3)13/h9-11H,5-8H2,1-4H3. The number of rotatable bonds is 3. The van der Waals surface area contributed by atoms with Crippen molar-refractivity contribution in [3.63, 3.8) is 0 Å². The van der Waals surface area contributed by atoms with E-state index >= 15 is 0 Å². The summed E-state index contributed by atoms with van der Waals surface area (Å²) in [5, 5.41) is -0.409. The molecule has 0 spiro atoms. The van der Waals surface area contributed by atoms with E-state index in [0.717, 1.165) is 25.9 Å². The van der Waals surface area contributed by atoms with Crippen molar-refractivity contribution in [2.24, 2.45) is 0 Å². The highest BCUT2D eigenvalue weighted by molar-refractivity contribution is 6.30. The highest BCUT2D eigenvalue weighted by Crippen LogP contribution is 2.18. The molecule has 0 aromatic carbocycles. The molecule has 16 heavy (non-hydrogen) atoms. The molecule has 0 N–H and O–H groups in total. The Hall–Kier alpha value is -0.280. The minimum atomic E-state index is -0.409. The van der Waals surface area contributed by atoms with Crippen LogP contribution < -0.4 is 0 Å². The van der Waals surface area contributed by atoms with Crippen LogP contribution in [0.25, 0.3) is 0 Å². The Morgan fingerprint density at radius 2 is 1.81 bits per heavy atom. The van der Waals surface area contributed by atoms with Crippen LogP contribution in [0.15, 0.2) is 0 Å². The van der Waals surface area contributed by atoms with Crippen LogP contribution in [0.1, 0.15) is 33.6 Å². The number of carbonyl (C=O) groups is 1. The number of alkyl halides is 1. The number of carbonyl (C=O) groups excluding carboxylic acids is 1. The third kappa shape index (κ3) is 3.36. The van der Waals surface area contributed by atoms with Crippen molar-refractivity contribution in [2.75, 3.05) is 20.1 Å². The quantitative estimate of drug-likeness (QED) is 0.711. The summed E-state index contributed by atoms with van der Waals surface area (Å²) < 4.78 is 0. The molecule has 1 unspecified atom stereocenters. The summed E-state index contributed by atoms with van der Waals surface area (Å²) >= 11 is 5.82. The zero-order chi connectivity index (χ0) is 12.3. The molecular formula is C12H23ClN2O. The Morgan fingerprint density at radius 1 is 1.31 bits per heavy atom. The van der Waals surface area contributed by atoms with Gasteiger partial charge in [0, 0.05) is 32.2 Å². The number of hydrogen-bond acceptors (Lipinski definition) is 2. The number of nitrogens with zero attached hydrogens (tertiary/aromatic N) is 2. The van der Waals surface area contributed by atoms with Gasteiger partial charge >= 0.3 is 0 Å². The van der Waals surface area contributed by atoms with Gasteiger partial charge in [0.15, 0.2) is 0 Å². The van der Waals surface area contributed by atoms with Gasteiger partial charge < -0.3 is 9.80 Å². The van der Waals surface area contributed by atoms with Crippen molar-refractivity contribution in [3.8, 4) is 0 Å². The molecule has 4 heteroatoms. The molecule has 0 aromatic heterocycles. The zero-order valence-electron chi connectivity index (χ0n) is 10.7. The maximum Gasteiger partial charge on any atom is 0.240 e. The van der Waals surface area contributed by atoms with E-state index in [2.05, 4.69) is 18.7 Å². The minimum Gasteiger partial charge on any atom is -0.341 e. The molecule has 1 aliphatic rings. The minimum absolute atomic E-state index is 0.0460. The van der Waals surface area contributed by atoms with E-state index in [-0.39, 0.29) is 5.91 Å². The van der Waals surface area contributed by atoms with E-state index in [4.69, 9.17) is 11.6 Å². The van der Waals surface area contributed by atoms with Gasteiger partial charge in [-0.25, -0.2) is 0 Å². The predicted molar refractivity (Wildman–Crippen MR) is 67.8 cm³/mol. The number of amides is 1. The molecule has 1 amide bonds. The highest BCUT2D eigenvalue weighted by atomic mass is 35.5. The molecule has 0 aliphatic carbocycles. The molecule has 1 rings (SSSR count). The Balaban J connectivity index is 2.44. The van der Waals surface area contributed by atoms with Crippen LogP contribution in [-0.2, 0) is 4.79 Å². The topological polar surface area (TPSA) is 23.6 Å². The van der Waals surface area contributed by atoms with E-state index in [1.54, 1.807) is 6.92 Å². The van der Waals surface area contributed by atoms with Crippen LogP contribution in [0.5, 0.6) is 0 Å². The summed E-state index contributed by atoms with van der Waals surface area (Å²) in [4.78, 5) is 16.0. The fourth-order valence-electron chi connectivity index (χ4n) is 2.25. The molecule has 0 saturated carbocycles. The smallest absolute Gasteiger partial charge is 0.240 e. The first kappa shape index (κ1) is 13.8. The summed E-state index contributed by atoms with van der Waals surface area (Å²) in [6.45, 7) is 8.34. The molecule has 1 heterocycles. The maximum absolute atomic E-state index is 11.7. The second kappa shape index (κ2) is 5.87. The molecule has 3 nitrogen and oxygen atoms in total. The third-order valence-corrected chi connectivity index (χ3v) is 3.65. The Labute approximate surface area is 104 Å². The maximum atomic E-state index is 11.7. The van der Waals surface area contributed by atoms with Gasteiger partial charge in [-0.3, -0.25) is 4.79 Å². The van der Waals surface area contributed by atoms with Crippen molar-refractivity contribution in [3.05, 3.63) is 0 Å². The zero-order valence-corrected chi connectivity index (χ0v) is 11.5. The lowest BCUT2D eigenvalue weighted by Crippen LogP contribution is -2.48. The van der Waals surface area contributed by atoms with E-state index in [1.165, 1.54) is 0 Å². The number of likely N-dealkylation sites (tertiary alicyclic amines) is 1. The molecule has 1 atom stereocenters. The lowest BCUT2D eigenvalue weighted by molar-refractivity contribution is -0.132. The van der Waals surface area contributed by atoms with Crippen LogP contribution in [0, 0.1) is 0 Å². The van der Waals surface area contributed by atoms with Crippen molar-refractivity contribution >= 4 is 17.5 Å². The summed E-state index contributed by atoms with van der Waals surface area (Å²) in [5.41, 5.74) is 0. The summed E-state index contributed by atoms with van der Waals surface area (Å²) in [5.74, 6) is 0.0460. The lowest BCUT2D eigenvalue weighted by atomic mass is 10.0. The van der Waals surface area contributed by atoms with Gasteiger partial charge in [-0.15, -0.1) is 11.6 Å². The molecule has 1 aliphatic heterocycles. The van der Waals surface area contributed by atoms with Gasteiger partial charge in [0.2, 0.25) is 5.91 Å². The molecule has 0 bridgehead atoms. The molecule has 1 saturated heterocycles. The lowest BCUT2D eigenvalue weighted by Gasteiger charge is -2.38. The first-order valence-electron chi connectivity index (χ1n) is 6.08. The SMILES string of the molecule is CC(Cl)C(=O)N(C)C1CCN(C(C)C)CC1. The van der Waals surface area contributed by atoms with Gasteiger partial charge in [0.05, 0.1) is 0 Å². The summed E-state index contributed by atoms with van der Waals surface area (Å²) in [6.07, 6.45) is 2.12. The van der Waals surface area contributed by atoms with Gasteiger partial charge in [-0.2, -0.15) is 0 Å². The van der Waals surface area contributed by atoms with Gasteiger partial charge in [-0.05, 0) is 33.6 Å². The molecule has 0 radical (unpaired) electrons. The Kier molecular flexibility index (Phi) is 5.06. The van der Waals surface area contributed by atoms with Crippen LogP contribution >= 0.6 is 11.6 Å². The third-order valence-electron chi connectivity index (χ3n) is 3.47. The molecule has 94 valence electrons. The summed E-state index contributed by atoms with van der Waals surface area (Å²) in [7, 11) is 1.87. The second-order valence-electron chi connectivity index (χ2n) is 4.93. The van der Waals surface area contributed by atoms with Crippen LogP contribution in [0.3, 0.4) is 0 Å². The van der Waals surface area contributed by atoms with Gasteiger partial charge in [0.1, 0.15) is 5.38 Å². The number of halogens is 1. The van der Waals surface area contributed by atoms with E-state index in [0.29, 0.717) is 12.1 Å². The number of piperidine rings is 1. The van der Waals surface area contributed by atoms with Crippen molar-refractivity contribution < 1.29 is 4.79 Å². The van der Waals surface area contributed by atoms with Crippen LogP contribution in [0.4, 0.5) is 0 Å². The normalized spacial score (nSPS) is 21.1. The first-order valence-corrected chi connectivity index (χ1v) is 6.52. The summed E-state index contributed by atoms with van der Waals surface area (Å²) in [6, 6.07) is 0.970. The molecule has 0 aromatic rings. The Bertz CT molecular complexity index is 235. The fourth-order valence-corrected chi connectivity index (χ4v) is 2.40.